The Morgan fingerprint density at radius 1 is 0.705 bits per heavy atom. The molecule has 44 heavy (non-hydrogen) atoms. The van der Waals surface area contributed by atoms with Gasteiger partial charge in [-0.05, 0) is 48.5 Å². The second kappa shape index (κ2) is 9.74. The van der Waals surface area contributed by atoms with Crippen LogP contribution in [0.4, 0.5) is 0 Å². The van der Waals surface area contributed by atoms with E-state index in [1.807, 2.05) is 42.6 Å². The monoisotopic (exact) mass is 569 g/mol. The average Bonchev–Trinajstić information content (AvgIpc) is 3.90. The number of allylic oxidation sites excluding steroid dienone is 1. The molecule has 1 aliphatic rings. The SMILES string of the molecule is C1=CN=C(c2ccc(-c3ccc(-c4ncco4)cn3)cc2-n2c3ccccc3c3ccc(-c4nc5ccccc5o4)cc32)C1. The van der Waals surface area contributed by atoms with E-state index in [1.165, 1.54) is 5.39 Å². The van der Waals surface area contributed by atoms with Crippen LogP contribution in [-0.2, 0) is 0 Å². The summed E-state index contributed by atoms with van der Waals surface area (Å²) < 4.78 is 14.0. The van der Waals surface area contributed by atoms with Crippen molar-refractivity contribution >= 4 is 38.6 Å². The normalized spacial score (nSPS) is 13.0. The minimum Gasteiger partial charge on any atom is -0.444 e. The summed E-state index contributed by atoms with van der Waals surface area (Å²) in [4.78, 5) is 18.5. The number of hydrogen-bond donors (Lipinski definition) is 0. The van der Waals surface area contributed by atoms with Crippen molar-refractivity contribution in [1.29, 1.82) is 0 Å². The maximum absolute atomic E-state index is 6.17. The van der Waals surface area contributed by atoms with Crippen molar-refractivity contribution in [2.24, 2.45) is 4.99 Å². The molecule has 8 aromatic rings. The number of rotatable bonds is 5. The van der Waals surface area contributed by atoms with Gasteiger partial charge in [-0.15, -0.1) is 0 Å². The van der Waals surface area contributed by atoms with E-state index in [4.69, 9.17) is 23.8 Å². The summed E-state index contributed by atoms with van der Waals surface area (Å²) >= 11 is 0. The fourth-order valence-corrected chi connectivity index (χ4v) is 6.08. The molecule has 0 N–H and O–H groups in total. The second-order valence-electron chi connectivity index (χ2n) is 10.7. The molecule has 9 rings (SSSR count). The minimum atomic E-state index is 0.548. The van der Waals surface area contributed by atoms with Gasteiger partial charge in [-0.3, -0.25) is 9.98 Å². The lowest BCUT2D eigenvalue weighted by Crippen LogP contribution is -2.06. The third-order valence-electron chi connectivity index (χ3n) is 8.15. The van der Waals surface area contributed by atoms with Gasteiger partial charge in [0.25, 0.3) is 0 Å². The number of aromatic nitrogens is 4. The molecule has 0 unspecified atom stereocenters. The summed E-state index contributed by atoms with van der Waals surface area (Å²) in [6.07, 6.45) is 9.75. The summed E-state index contributed by atoms with van der Waals surface area (Å²) in [6, 6.07) is 33.3. The zero-order valence-corrected chi connectivity index (χ0v) is 23.4. The van der Waals surface area contributed by atoms with Crippen molar-refractivity contribution in [3.8, 4) is 39.9 Å². The lowest BCUT2D eigenvalue weighted by molar-refractivity contribution is 0.574. The van der Waals surface area contributed by atoms with Crippen molar-refractivity contribution in [3.05, 3.63) is 134 Å². The van der Waals surface area contributed by atoms with E-state index in [0.29, 0.717) is 11.8 Å². The number of aliphatic imine (C=N–C) groups is 1. The smallest absolute Gasteiger partial charge is 0.227 e. The zero-order chi connectivity index (χ0) is 29.0. The van der Waals surface area contributed by atoms with Crippen LogP contribution in [0, 0.1) is 0 Å². The van der Waals surface area contributed by atoms with Crippen molar-refractivity contribution in [2.75, 3.05) is 0 Å². The Hall–Kier alpha value is -6.08. The molecule has 4 aromatic carbocycles. The van der Waals surface area contributed by atoms with Crippen molar-refractivity contribution in [2.45, 2.75) is 6.42 Å². The third kappa shape index (κ3) is 3.90. The van der Waals surface area contributed by atoms with Gasteiger partial charge in [0.2, 0.25) is 11.8 Å². The van der Waals surface area contributed by atoms with Crippen LogP contribution >= 0.6 is 0 Å². The van der Waals surface area contributed by atoms with Gasteiger partial charge in [-0.2, -0.15) is 0 Å². The van der Waals surface area contributed by atoms with Crippen LogP contribution in [0.2, 0.25) is 0 Å². The van der Waals surface area contributed by atoms with Gasteiger partial charge in [-0.1, -0.05) is 54.6 Å². The Kier molecular flexibility index (Phi) is 5.43. The largest absolute Gasteiger partial charge is 0.444 e. The minimum absolute atomic E-state index is 0.548. The first-order valence-electron chi connectivity index (χ1n) is 14.4. The quantitative estimate of drug-likeness (QED) is 0.207. The molecule has 7 nitrogen and oxygen atoms in total. The maximum atomic E-state index is 6.17. The number of para-hydroxylation sites is 3. The summed E-state index contributed by atoms with van der Waals surface area (Å²) in [7, 11) is 0. The maximum Gasteiger partial charge on any atom is 0.227 e. The fourth-order valence-electron chi connectivity index (χ4n) is 6.08. The van der Waals surface area contributed by atoms with Crippen molar-refractivity contribution in [3.63, 3.8) is 0 Å². The van der Waals surface area contributed by atoms with Crippen molar-refractivity contribution in [1.82, 2.24) is 19.5 Å². The van der Waals surface area contributed by atoms with Gasteiger partial charge in [0, 0.05) is 46.3 Å². The lowest BCUT2D eigenvalue weighted by atomic mass is 10.0. The molecule has 0 aliphatic carbocycles. The number of benzene rings is 4. The summed E-state index contributed by atoms with van der Waals surface area (Å²) in [6.45, 7) is 0. The van der Waals surface area contributed by atoms with E-state index >= 15 is 0 Å². The van der Waals surface area contributed by atoms with Gasteiger partial charge < -0.3 is 13.4 Å². The first-order chi connectivity index (χ1) is 21.8. The van der Waals surface area contributed by atoms with E-state index in [-0.39, 0.29) is 0 Å². The predicted octanol–water partition coefficient (Wildman–Crippen LogP) is 9.02. The highest BCUT2D eigenvalue weighted by Gasteiger charge is 2.20. The van der Waals surface area contributed by atoms with Gasteiger partial charge in [0.15, 0.2) is 5.58 Å². The Balaban J connectivity index is 1.27. The predicted molar refractivity (Wildman–Crippen MR) is 173 cm³/mol. The molecule has 0 saturated carbocycles. The van der Waals surface area contributed by atoms with Crippen LogP contribution < -0.4 is 0 Å². The number of nitrogens with zero attached hydrogens (tertiary/aromatic N) is 5. The zero-order valence-electron chi connectivity index (χ0n) is 23.4. The highest BCUT2D eigenvalue weighted by molar-refractivity contribution is 6.12. The molecule has 0 saturated heterocycles. The molecule has 0 radical (unpaired) electrons. The summed E-state index contributed by atoms with van der Waals surface area (Å²) in [5.41, 5.74) is 10.5. The van der Waals surface area contributed by atoms with E-state index in [1.54, 1.807) is 18.7 Å². The van der Waals surface area contributed by atoms with Gasteiger partial charge in [0.1, 0.15) is 11.8 Å². The van der Waals surface area contributed by atoms with Crippen LogP contribution in [-0.4, -0.2) is 25.2 Å². The lowest BCUT2D eigenvalue weighted by Gasteiger charge is -2.16. The number of oxazole rings is 2. The molecule has 4 aromatic heterocycles. The Bertz CT molecular complexity index is 2380. The third-order valence-corrected chi connectivity index (χ3v) is 8.15. The molecular formula is C37H23N5O2. The van der Waals surface area contributed by atoms with E-state index in [0.717, 1.165) is 73.3 Å². The first kappa shape index (κ1) is 24.5. The molecule has 0 fully saturated rings. The Morgan fingerprint density at radius 3 is 2.41 bits per heavy atom. The van der Waals surface area contributed by atoms with E-state index in [9.17, 15) is 0 Å². The molecule has 0 bridgehead atoms. The highest BCUT2D eigenvalue weighted by atomic mass is 16.3. The van der Waals surface area contributed by atoms with Gasteiger partial charge in [-0.25, -0.2) is 9.97 Å². The second-order valence-corrected chi connectivity index (χ2v) is 10.7. The first-order valence-corrected chi connectivity index (χ1v) is 14.4. The molecule has 1 aliphatic heterocycles. The highest BCUT2D eigenvalue weighted by Crippen LogP contribution is 2.38. The Morgan fingerprint density at radius 2 is 1.57 bits per heavy atom. The van der Waals surface area contributed by atoms with Crippen LogP contribution in [0.3, 0.4) is 0 Å². The molecule has 5 heterocycles. The van der Waals surface area contributed by atoms with Crippen molar-refractivity contribution < 1.29 is 8.83 Å². The molecule has 0 spiro atoms. The van der Waals surface area contributed by atoms with Gasteiger partial charge >= 0.3 is 0 Å². The fraction of sp³-hybridized carbons (Fsp3) is 0.0270. The van der Waals surface area contributed by atoms with Crippen LogP contribution in [0.1, 0.15) is 12.0 Å². The molecular weight excluding hydrogens is 546 g/mol. The Labute approximate surface area is 251 Å². The summed E-state index contributed by atoms with van der Waals surface area (Å²) in [5.74, 6) is 1.14. The average molecular weight is 570 g/mol. The number of hydrogen-bond acceptors (Lipinski definition) is 6. The summed E-state index contributed by atoms with van der Waals surface area (Å²) in [5, 5.41) is 2.32. The van der Waals surface area contributed by atoms with E-state index in [2.05, 4.69) is 76.3 Å². The van der Waals surface area contributed by atoms with Crippen LogP contribution in [0.25, 0.3) is 72.8 Å². The van der Waals surface area contributed by atoms with Crippen LogP contribution in [0.15, 0.2) is 142 Å². The topological polar surface area (TPSA) is 82.2 Å². The molecule has 208 valence electrons. The molecule has 7 heteroatoms. The molecule has 0 amide bonds. The van der Waals surface area contributed by atoms with Gasteiger partial charge in [0.05, 0.1) is 39.9 Å². The molecule has 0 atom stereocenters. The number of pyridine rings is 1. The van der Waals surface area contributed by atoms with E-state index < -0.39 is 0 Å². The number of fused-ring (bicyclic) bond motifs is 4. The van der Waals surface area contributed by atoms with Crippen LogP contribution in [0.5, 0.6) is 0 Å². The standard InChI is InChI=1S/C37H23N5O2/c1-3-9-32-26(6-1)27-14-12-24(37-41-31-7-2-4-10-35(31)44-37)21-33(27)42(32)34-20-23(11-15-28(34)30-8-5-17-38-30)29-16-13-25(22-40-29)36-39-18-19-43-36/h1-7,9-22H,8H2.